The Kier molecular flexibility index (Phi) is 5.40. The Morgan fingerprint density at radius 2 is 2.00 bits per heavy atom. The molecule has 0 aliphatic carbocycles. The van der Waals surface area contributed by atoms with Gasteiger partial charge in [-0.05, 0) is 6.92 Å². The Labute approximate surface area is 97.9 Å². The average molecular weight is 313 g/mol. The first-order chi connectivity index (χ1) is 6.37. The summed E-state index contributed by atoms with van der Waals surface area (Å²) >= 11 is 2.05. The van der Waals surface area contributed by atoms with Crippen LogP contribution in [0.15, 0.2) is 0 Å². The number of alkyl halides is 1. The summed E-state index contributed by atoms with van der Waals surface area (Å²) in [6.07, 6.45) is 0. The number of nitrogens with one attached hydrogen (secondary N) is 1. The zero-order valence-corrected chi connectivity index (χ0v) is 11.0. The minimum absolute atomic E-state index is 0.137. The number of rotatable bonds is 4. The number of halogens is 1. The molecule has 0 aromatic rings. The van der Waals surface area contributed by atoms with Gasteiger partial charge in [0.25, 0.3) is 0 Å². The van der Waals surface area contributed by atoms with Crippen molar-refractivity contribution in [3.63, 3.8) is 0 Å². The van der Waals surface area contributed by atoms with E-state index in [0.717, 1.165) is 0 Å². The van der Waals surface area contributed by atoms with Crippen LogP contribution in [-0.2, 0) is 14.3 Å². The van der Waals surface area contributed by atoms with Crippen molar-refractivity contribution in [2.75, 3.05) is 11.5 Å². The molecule has 0 fully saturated rings. The molecule has 1 atom stereocenters. The van der Waals surface area contributed by atoms with Crippen LogP contribution in [0.1, 0.15) is 20.8 Å². The van der Waals surface area contributed by atoms with E-state index in [2.05, 4.69) is 10.1 Å². The predicted molar refractivity (Wildman–Crippen MR) is 62.3 cm³/mol. The highest BCUT2D eigenvalue weighted by Crippen LogP contribution is 2.11. The first kappa shape index (κ1) is 13.7. The summed E-state index contributed by atoms with van der Waals surface area (Å²) in [7, 11) is 1.31. The SMILES string of the molecule is COC(=O)[C@](C)(CI)NC(=O)C(C)C. The van der Waals surface area contributed by atoms with Gasteiger partial charge >= 0.3 is 5.97 Å². The second-order valence-electron chi connectivity index (χ2n) is 3.60. The minimum Gasteiger partial charge on any atom is -0.467 e. The lowest BCUT2D eigenvalue weighted by Gasteiger charge is -2.26. The molecule has 0 saturated heterocycles. The number of carbonyl (C=O) groups is 2. The van der Waals surface area contributed by atoms with Gasteiger partial charge in [0.15, 0.2) is 0 Å². The molecule has 0 aromatic heterocycles. The van der Waals surface area contributed by atoms with Crippen LogP contribution < -0.4 is 5.32 Å². The van der Waals surface area contributed by atoms with Crippen molar-refractivity contribution in [1.29, 1.82) is 0 Å². The van der Waals surface area contributed by atoms with Gasteiger partial charge in [-0.3, -0.25) is 4.79 Å². The Morgan fingerprint density at radius 1 is 1.50 bits per heavy atom. The molecule has 14 heavy (non-hydrogen) atoms. The van der Waals surface area contributed by atoms with E-state index in [9.17, 15) is 9.59 Å². The van der Waals surface area contributed by atoms with Crippen LogP contribution >= 0.6 is 22.6 Å². The van der Waals surface area contributed by atoms with Crippen LogP contribution in [0.5, 0.6) is 0 Å². The van der Waals surface area contributed by atoms with E-state index in [0.29, 0.717) is 4.43 Å². The number of ether oxygens (including phenoxy) is 1. The van der Waals surface area contributed by atoms with Crippen LogP contribution in [0.25, 0.3) is 0 Å². The first-order valence-corrected chi connectivity index (χ1v) is 5.86. The highest BCUT2D eigenvalue weighted by atomic mass is 127. The van der Waals surface area contributed by atoms with Crippen molar-refractivity contribution in [3.8, 4) is 0 Å². The van der Waals surface area contributed by atoms with Crippen molar-refractivity contribution in [3.05, 3.63) is 0 Å². The summed E-state index contributed by atoms with van der Waals surface area (Å²) in [5.74, 6) is -0.697. The molecule has 0 aliphatic heterocycles. The van der Waals surface area contributed by atoms with Gasteiger partial charge in [0.1, 0.15) is 5.54 Å². The smallest absolute Gasteiger partial charge is 0.332 e. The Balaban J connectivity index is 4.56. The second kappa shape index (κ2) is 5.53. The van der Waals surface area contributed by atoms with Crippen molar-refractivity contribution < 1.29 is 14.3 Å². The Morgan fingerprint density at radius 3 is 2.29 bits per heavy atom. The summed E-state index contributed by atoms with van der Waals surface area (Å²) < 4.78 is 5.11. The molecule has 0 aliphatic rings. The van der Waals surface area contributed by atoms with E-state index < -0.39 is 11.5 Å². The standard InChI is InChI=1S/C9H16INO3/c1-6(2)7(12)11-9(3,5-10)8(13)14-4/h6H,5H2,1-4H3,(H,11,12)/t9-/m0/s1. The maximum atomic E-state index is 11.4. The zero-order chi connectivity index (χ0) is 11.4. The lowest BCUT2D eigenvalue weighted by molar-refractivity contribution is -0.149. The molecule has 82 valence electrons. The maximum absolute atomic E-state index is 11.4. The van der Waals surface area contributed by atoms with E-state index in [-0.39, 0.29) is 11.8 Å². The summed E-state index contributed by atoms with van der Waals surface area (Å²) in [4.78, 5) is 22.8. The summed E-state index contributed by atoms with van der Waals surface area (Å²) in [6, 6.07) is 0. The zero-order valence-electron chi connectivity index (χ0n) is 8.89. The van der Waals surface area contributed by atoms with Gasteiger partial charge < -0.3 is 10.1 Å². The first-order valence-electron chi connectivity index (χ1n) is 4.33. The van der Waals surface area contributed by atoms with E-state index >= 15 is 0 Å². The number of hydrogen-bond acceptors (Lipinski definition) is 3. The number of carbonyl (C=O) groups excluding carboxylic acids is 2. The molecule has 1 N–H and O–H groups in total. The Bertz CT molecular complexity index is 230. The third-order valence-electron chi connectivity index (χ3n) is 1.83. The average Bonchev–Trinajstić information content (AvgIpc) is 2.15. The van der Waals surface area contributed by atoms with Crippen molar-refractivity contribution >= 4 is 34.5 Å². The summed E-state index contributed by atoms with van der Waals surface area (Å²) in [5, 5.41) is 2.67. The highest BCUT2D eigenvalue weighted by molar-refractivity contribution is 14.1. The maximum Gasteiger partial charge on any atom is 0.332 e. The van der Waals surface area contributed by atoms with Crippen molar-refractivity contribution in [2.24, 2.45) is 5.92 Å². The topological polar surface area (TPSA) is 55.4 Å². The van der Waals surface area contributed by atoms with Gasteiger partial charge in [-0.1, -0.05) is 36.4 Å². The third-order valence-corrected chi connectivity index (χ3v) is 3.35. The van der Waals surface area contributed by atoms with Gasteiger partial charge in [0, 0.05) is 10.3 Å². The number of hydrogen-bond donors (Lipinski definition) is 1. The molecular weight excluding hydrogens is 297 g/mol. The van der Waals surface area contributed by atoms with Gasteiger partial charge in [-0.2, -0.15) is 0 Å². The molecule has 0 bridgehead atoms. The highest BCUT2D eigenvalue weighted by Gasteiger charge is 2.35. The molecule has 0 radical (unpaired) electrons. The van der Waals surface area contributed by atoms with Crippen LogP contribution in [0.4, 0.5) is 0 Å². The van der Waals surface area contributed by atoms with E-state index in [1.54, 1.807) is 20.8 Å². The molecular formula is C9H16INO3. The molecule has 1 amide bonds. The van der Waals surface area contributed by atoms with Gasteiger partial charge in [-0.25, -0.2) is 4.79 Å². The lowest BCUT2D eigenvalue weighted by Crippen LogP contribution is -2.55. The number of methoxy groups -OCH3 is 1. The van der Waals surface area contributed by atoms with Crippen LogP contribution in [0, 0.1) is 5.92 Å². The molecule has 5 heteroatoms. The minimum atomic E-state index is -0.920. The molecule has 0 unspecified atom stereocenters. The fraction of sp³-hybridized carbons (Fsp3) is 0.778. The Hall–Kier alpha value is -0.330. The fourth-order valence-corrected chi connectivity index (χ4v) is 1.28. The fourth-order valence-electron chi connectivity index (χ4n) is 0.781. The second-order valence-corrected chi connectivity index (χ2v) is 4.36. The van der Waals surface area contributed by atoms with Gasteiger partial charge in [0.05, 0.1) is 7.11 Å². The predicted octanol–water partition coefficient (Wildman–Crippen LogP) is 1.13. The molecule has 0 rings (SSSR count). The summed E-state index contributed by atoms with van der Waals surface area (Å²) in [6.45, 7) is 5.21. The molecule has 0 saturated carbocycles. The molecule has 0 spiro atoms. The number of amides is 1. The quantitative estimate of drug-likeness (QED) is 0.481. The largest absolute Gasteiger partial charge is 0.467 e. The van der Waals surface area contributed by atoms with Crippen molar-refractivity contribution in [2.45, 2.75) is 26.3 Å². The van der Waals surface area contributed by atoms with Crippen LogP contribution in [-0.4, -0.2) is 29.0 Å². The number of esters is 1. The molecule has 4 nitrogen and oxygen atoms in total. The van der Waals surface area contributed by atoms with Gasteiger partial charge in [0.2, 0.25) is 5.91 Å². The molecule has 0 heterocycles. The third kappa shape index (κ3) is 3.43. The summed E-state index contributed by atoms with van der Waals surface area (Å²) in [5.41, 5.74) is -0.920. The van der Waals surface area contributed by atoms with Crippen LogP contribution in [0.2, 0.25) is 0 Å². The van der Waals surface area contributed by atoms with E-state index in [4.69, 9.17) is 0 Å². The monoisotopic (exact) mass is 313 g/mol. The van der Waals surface area contributed by atoms with E-state index in [1.807, 2.05) is 22.6 Å². The van der Waals surface area contributed by atoms with Gasteiger partial charge in [-0.15, -0.1) is 0 Å². The normalized spacial score (nSPS) is 14.7. The lowest BCUT2D eigenvalue weighted by atomic mass is 10.0. The molecule has 0 aromatic carbocycles. The van der Waals surface area contributed by atoms with Crippen molar-refractivity contribution in [1.82, 2.24) is 5.32 Å². The van der Waals surface area contributed by atoms with Crippen LogP contribution in [0.3, 0.4) is 0 Å². The van der Waals surface area contributed by atoms with E-state index in [1.165, 1.54) is 7.11 Å².